The number of hydrogen-bond donors (Lipinski definition) is 3. The van der Waals surface area contributed by atoms with Crippen LogP contribution in [0.15, 0.2) is 24.4 Å². The molecular formula is C30H39N7O5. The van der Waals surface area contributed by atoms with Crippen LogP contribution in [0, 0.1) is 18.3 Å². The number of benzene rings is 1. The number of aryl methyl sites for hydroxylation is 1. The number of rotatable bonds is 9. The van der Waals surface area contributed by atoms with Gasteiger partial charge in [0.15, 0.2) is 11.5 Å². The highest BCUT2D eigenvalue weighted by Gasteiger charge is 2.31. The van der Waals surface area contributed by atoms with Crippen LogP contribution in [-0.4, -0.2) is 99.6 Å². The third kappa shape index (κ3) is 6.38. The van der Waals surface area contributed by atoms with Gasteiger partial charge < -0.3 is 40.2 Å². The summed E-state index contributed by atoms with van der Waals surface area (Å²) in [7, 11) is 1.63. The zero-order valence-electron chi connectivity index (χ0n) is 24.3. The molecule has 2 saturated heterocycles. The minimum absolute atomic E-state index is 0.0516. The number of piperidine rings is 1. The van der Waals surface area contributed by atoms with E-state index in [1.807, 2.05) is 24.0 Å². The van der Waals surface area contributed by atoms with E-state index in [2.05, 4.69) is 26.6 Å². The third-order valence-electron chi connectivity index (χ3n) is 7.87. The highest BCUT2D eigenvalue weighted by Crippen LogP contribution is 2.43. The number of allylic oxidation sites excluding steroid dienone is 1. The molecule has 3 aliphatic heterocycles. The molecule has 0 aliphatic carbocycles. The minimum atomic E-state index is -0.0516. The molecule has 224 valence electrons. The standard InChI is InChI=1S/C30H39N7O5/c1-20-27(21(18-31)19-32)25(33-7-12-39-2)17-26(34-20)35-24-4-3-23(28-29(24)42-16-15-41-28)30(38)37-8-5-22(6-9-37)36-10-13-40-14-11-36/h3-4,17-18,22H,5-16,31H2,1-2H3,(H2,33,34,35)/b21-18-. The number of likely N-dealkylation sites (tertiary alicyclic amines) is 1. The Morgan fingerprint density at radius 3 is 2.57 bits per heavy atom. The quantitative estimate of drug-likeness (QED) is 0.299. The zero-order chi connectivity index (χ0) is 29.5. The highest BCUT2D eigenvalue weighted by atomic mass is 16.6. The number of hydrogen-bond acceptors (Lipinski definition) is 11. The van der Waals surface area contributed by atoms with E-state index >= 15 is 0 Å². The number of methoxy groups -OCH3 is 1. The molecule has 0 bridgehead atoms. The van der Waals surface area contributed by atoms with Crippen molar-refractivity contribution in [1.82, 2.24) is 14.8 Å². The number of pyridine rings is 1. The normalized spacial score (nSPS) is 17.9. The van der Waals surface area contributed by atoms with Crippen LogP contribution < -0.4 is 25.8 Å². The summed E-state index contributed by atoms with van der Waals surface area (Å²) in [5, 5.41) is 16.3. The molecule has 0 unspecified atom stereocenters. The summed E-state index contributed by atoms with van der Waals surface area (Å²) in [6.07, 6.45) is 3.17. The van der Waals surface area contributed by atoms with Crippen molar-refractivity contribution < 1.29 is 23.7 Å². The maximum absolute atomic E-state index is 13.7. The second-order valence-corrected chi connectivity index (χ2v) is 10.4. The van der Waals surface area contributed by atoms with Crippen LogP contribution in [0.25, 0.3) is 5.57 Å². The SMILES string of the molecule is COCCNc1cc(Nc2ccc(C(=O)N3CCC(N4CCOCC4)CC3)c3c2OCCO3)nc(C)c1/C(C#N)=C\N. The zero-order valence-corrected chi connectivity index (χ0v) is 24.3. The third-order valence-corrected chi connectivity index (χ3v) is 7.87. The number of amides is 1. The lowest BCUT2D eigenvalue weighted by molar-refractivity contribution is 0.00152. The number of carbonyl (C=O) groups is 1. The predicted octanol–water partition coefficient (Wildman–Crippen LogP) is 2.72. The first-order chi connectivity index (χ1) is 20.5. The first kappa shape index (κ1) is 29.4. The summed E-state index contributed by atoms with van der Waals surface area (Å²) >= 11 is 0. The van der Waals surface area contributed by atoms with Crippen molar-refractivity contribution in [3.63, 3.8) is 0 Å². The second-order valence-electron chi connectivity index (χ2n) is 10.4. The van der Waals surface area contributed by atoms with Crippen molar-refractivity contribution in [2.24, 2.45) is 5.73 Å². The van der Waals surface area contributed by atoms with Crippen LogP contribution in [0.3, 0.4) is 0 Å². The molecule has 2 fully saturated rings. The number of fused-ring (bicyclic) bond motifs is 1. The molecule has 2 aromatic rings. The number of morpholine rings is 1. The van der Waals surface area contributed by atoms with E-state index in [0.29, 0.717) is 96.6 Å². The summed E-state index contributed by atoms with van der Waals surface area (Å²) in [6, 6.07) is 8.05. The van der Waals surface area contributed by atoms with Gasteiger partial charge in [-0.15, -0.1) is 0 Å². The number of nitrogens with two attached hydrogens (primary N) is 1. The number of nitrogens with zero attached hydrogens (tertiary/aromatic N) is 4. The molecule has 4 N–H and O–H groups in total. The van der Waals surface area contributed by atoms with E-state index in [-0.39, 0.29) is 5.91 Å². The molecule has 42 heavy (non-hydrogen) atoms. The fourth-order valence-electron chi connectivity index (χ4n) is 5.77. The number of anilines is 3. The van der Waals surface area contributed by atoms with Crippen LogP contribution in [0.5, 0.6) is 11.5 Å². The molecule has 1 aromatic heterocycles. The van der Waals surface area contributed by atoms with Gasteiger partial charge in [0, 0.05) is 69.4 Å². The molecule has 1 amide bonds. The van der Waals surface area contributed by atoms with Crippen LogP contribution in [0.1, 0.15) is 34.5 Å². The Kier molecular flexibility index (Phi) is 9.63. The van der Waals surface area contributed by atoms with Crippen LogP contribution in [0.2, 0.25) is 0 Å². The van der Waals surface area contributed by atoms with Gasteiger partial charge in [-0.3, -0.25) is 9.69 Å². The summed E-state index contributed by atoms with van der Waals surface area (Å²) < 4.78 is 22.7. The molecule has 0 spiro atoms. The van der Waals surface area contributed by atoms with Gasteiger partial charge in [-0.05, 0) is 31.9 Å². The Morgan fingerprint density at radius 2 is 1.88 bits per heavy atom. The smallest absolute Gasteiger partial charge is 0.257 e. The topological polar surface area (TPSA) is 147 Å². The molecule has 0 atom stereocenters. The van der Waals surface area contributed by atoms with Crippen molar-refractivity contribution in [2.45, 2.75) is 25.8 Å². The summed E-state index contributed by atoms with van der Waals surface area (Å²) in [4.78, 5) is 22.7. The van der Waals surface area contributed by atoms with E-state index in [1.165, 1.54) is 6.20 Å². The Labute approximate surface area is 246 Å². The Morgan fingerprint density at radius 1 is 1.14 bits per heavy atom. The number of nitriles is 1. The Hall–Kier alpha value is -4.05. The molecule has 3 aliphatic rings. The van der Waals surface area contributed by atoms with Crippen LogP contribution in [-0.2, 0) is 9.47 Å². The van der Waals surface area contributed by atoms with E-state index in [1.54, 1.807) is 13.2 Å². The lowest BCUT2D eigenvalue weighted by atomic mass is 10.0. The van der Waals surface area contributed by atoms with Crippen molar-refractivity contribution in [1.29, 1.82) is 5.26 Å². The largest absolute Gasteiger partial charge is 0.485 e. The number of carbonyl (C=O) groups excluding carboxylic acids is 1. The first-order valence-corrected chi connectivity index (χ1v) is 14.4. The van der Waals surface area contributed by atoms with Crippen molar-refractivity contribution in [3.8, 4) is 17.6 Å². The molecule has 12 heteroatoms. The van der Waals surface area contributed by atoms with E-state index < -0.39 is 0 Å². The van der Waals surface area contributed by atoms with Crippen molar-refractivity contribution in [2.75, 3.05) is 83.5 Å². The van der Waals surface area contributed by atoms with E-state index in [0.717, 1.165) is 39.1 Å². The lowest BCUT2D eigenvalue weighted by Gasteiger charge is -2.40. The van der Waals surface area contributed by atoms with Gasteiger partial charge in [-0.25, -0.2) is 4.98 Å². The van der Waals surface area contributed by atoms with E-state index in [4.69, 9.17) is 24.7 Å². The molecular weight excluding hydrogens is 538 g/mol. The highest BCUT2D eigenvalue weighted by molar-refractivity contribution is 5.99. The van der Waals surface area contributed by atoms with Gasteiger partial charge in [-0.1, -0.05) is 0 Å². The molecule has 1 aromatic carbocycles. The van der Waals surface area contributed by atoms with Gasteiger partial charge in [0.05, 0.1) is 42.3 Å². The molecule has 0 radical (unpaired) electrons. The number of nitrogens with one attached hydrogen (secondary N) is 2. The fraction of sp³-hybridized carbons (Fsp3) is 0.500. The fourth-order valence-corrected chi connectivity index (χ4v) is 5.77. The van der Waals surface area contributed by atoms with Gasteiger partial charge in [0.25, 0.3) is 5.91 Å². The maximum atomic E-state index is 13.7. The molecule has 12 nitrogen and oxygen atoms in total. The Balaban J connectivity index is 1.36. The van der Waals surface area contributed by atoms with Gasteiger partial charge in [0.2, 0.25) is 0 Å². The molecule has 4 heterocycles. The van der Waals surface area contributed by atoms with Crippen molar-refractivity contribution >= 4 is 28.7 Å². The van der Waals surface area contributed by atoms with Gasteiger partial charge in [-0.2, -0.15) is 5.26 Å². The molecule has 5 rings (SSSR count). The maximum Gasteiger partial charge on any atom is 0.257 e. The van der Waals surface area contributed by atoms with Crippen molar-refractivity contribution in [3.05, 3.63) is 41.2 Å². The summed E-state index contributed by atoms with van der Waals surface area (Å²) in [5.41, 5.74) is 9.11. The van der Waals surface area contributed by atoms with Gasteiger partial charge >= 0.3 is 0 Å². The van der Waals surface area contributed by atoms with Crippen LogP contribution in [0.4, 0.5) is 17.2 Å². The summed E-state index contributed by atoms with van der Waals surface area (Å²) in [5.74, 6) is 1.40. The monoisotopic (exact) mass is 577 g/mol. The molecule has 0 saturated carbocycles. The minimum Gasteiger partial charge on any atom is -0.485 e. The van der Waals surface area contributed by atoms with Gasteiger partial charge in [0.1, 0.15) is 25.1 Å². The second kappa shape index (κ2) is 13.7. The summed E-state index contributed by atoms with van der Waals surface area (Å²) in [6.45, 7) is 8.43. The Bertz CT molecular complexity index is 1340. The van der Waals surface area contributed by atoms with E-state index in [9.17, 15) is 10.1 Å². The van der Waals surface area contributed by atoms with Crippen LogP contribution >= 0.6 is 0 Å². The lowest BCUT2D eigenvalue weighted by Crippen LogP contribution is -2.50. The average molecular weight is 578 g/mol. The predicted molar refractivity (Wildman–Crippen MR) is 159 cm³/mol. The number of aromatic nitrogens is 1. The average Bonchev–Trinajstić information content (AvgIpc) is 3.03. The number of ether oxygens (including phenoxy) is 4. The first-order valence-electron chi connectivity index (χ1n) is 14.4.